The number of carbonyl (C=O) groups is 1. The number of carbonyl (C=O) groups excluding carboxylic acids is 1. The number of piperazine rings is 1. The molecular formula is C25H27N3O3S. The van der Waals surface area contributed by atoms with Crippen LogP contribution in [0, 0.1) is 6.92 Å². The van der Waals surface area contributed by atoms with Gasteiger partial charge in [-0.1, -0.05) is 66.7 Å². The van der Waals surface area contributed by atoms with Gasteiger partial charge in [-0.2, -0.15) is 4.31 Å². The van der Waals surface area contributed by atoms with E-state index in [2.05, 4.69) is 29.2 Å². The Morgan fingerprint density at radius 3 is 1.88 bits per heavy atom. The van der Waals surface area contributed by atoms with Crippen molar-refractivity contribution in [2.75, 3.05) is 26.2 Å². The molecule has 0 atom stereocenters. The first-order chi connectivity index (χ1) is 15.4. The molecule has 0 radical (unpaired) electrons. The van der Waals surface area contributed by atoms with Crippen LogP contribution in [0.1, 0.15) is 33.1 Å². The lowest BCUT2D eigenvalue weighted by Gasteiger charge is -2.39. The Bertz CT molecular complexity index is 1150. The lowest BCUT2D eigenvalue weighted by atomic mass is 9.96. The van der Waals surface area contributed by atoms with Crippen molar-refractivity contribution in [1.82, 2.24) is 9.21 Å². The van der Waals surface area contributed by atoms with Crippen LogP contribution in [-0.2, 0) is 10.0 Å². The summed E-state index contributed by atoms with van der Waals surface area (Å²) in [7, 11) is -3.71. The molecular weight excluding hydrogens is 422 g/mol. The van der Waals surface area contributed by atoms with Gasteiger partial charge in [0.2, 0.25) is 15.9 Å². The highest BCUT2D eigenvalue weighted by Gasteiger charge is 2.32. The topological polar surface area (TPSA) is 83.7 Å². The second kappa shape index (κ2) is 9.24. The molecule has 1 amide bonds. The van der Waals surface area contributed by atoms with Crippen molar-refractivity contribution in [3.8, 4) is 0 Å². The Kier molecular flexibility index (Phi) is 6.41. The molecule has 0 aliphatic carbocycles. The molecule has 1 fully saturated rings. The molecule has 0 aromatic heterocycles. The van der Waals surface area contributed by atoms with Crippen molar-refractivity contribution in [3.05, 3.63) is 101 Å². The predicted molar refractivity (Wildman–Crippen MR) is 125 cm³/mol. The summed E-state index contributed by atoms with van der Waals surface area (Å²) in [5.41, 5.74) is 8.67. The Morgan fingerprint density at radius 1 is 0.844 bits per heavy atom. The van der Waals surface area contributed by atoms with Gasteiger partial charge in [-0.25, -0.2) is 8.42 Å². The van der Waals surface area contributed by atoms with Gasteiger partial charge >= 0.3 is 0 Å². The SMILES string of the molecule is Cc1ccc(S(=O)(=O)N2CCN(C(c3ccccc3)c3ccccc3)CC2)cc1C(N)=O. The van der Waals surface area contributed by atoms with Crippen molar-refractivity contribution in [1.29, 1.82) is 0 Å². The Labute approximate surface area is 189 Å². The highest BCUT2D eigenvalue weighted by Crippen LogP contribution is 2.30. The van der Waals surface area contributed by atoms with E-state index in [-0.39, 0.29) is 16.5 Å². The molecule has 1 aliphatic heterocycles. The average molecular weight is 450 g/mol. The van der Waals surface area contributed by atoms with E-state index in [4.69, 9.17) is 5.73 Å². The lowest BCUT2D eigenvalue weighted by molar-refractivity contribution is 0.0999. The van der Waals surface area contributed by atoms with E-state index >= 15 is 0 Å². The molecule has 6 nitrogen and oxygen atoms in total. The molecule has 0 spiro atoms. The zero-order chi connectivity index (χ0) is 22.7. The molecule has 1 heterocycles. The van der Waals surface area contributed by atoms with Crippen LogP contribution in [0.3, 0.4) is 0 Å². The van der Waals surface area contributed by atoms with E-state index < -0.39 is 15.9 Å². The highest BCUT2D eigenvalue weighted by atomic mass is 32.2. The van der Waals surface area contributed by atoms with Gasteiger partial charge < -0.3 is 5.73 Å². The minimum Gasteiger partial charge on any atom is -0.366 e. The quantitative estimate of drug-likeness (QED) is 0.626. The van der Waals surface area contributed by atoms with Crippen LogP contribution < -0.4 is 5.73 Å². The van der Waals surface area contributed by atoms with Crippen LogP contribution >= 0.6 is 0 Å². The van der Waals surface area contributed by atoms with Crippen LogP contribution in [0.15, 0.2) is 83.8 Å². The standard InChI is InChI=1S/C25H27N3O3S/c1-19-12-13-22(18-23(19)25(26)29)32(30,31)28-16-14-27(15-17-28)24(20-8-4-2-5-9-20)21-10-6-3-7-11-21/h2-13,18,24H,14-17H2,1H3,(H2,26,29). The molecule has 0 saturated carbocycles. The molecule has 4 rings (SSSR count). The second-order valence-corrected chi connectivity index (χ2v) is 9.94. The van der Waals surface area contributed by atoms with Gasteiger partial charge in [0, 0.05) is 31.7 Å². The molecule has 3 aromatic carbocycles. The molecule has 32 heavy (non-hydrogen) atoms. The summed E-state index contributed by atoms with van der Waals surface area (Å²) in [6, 6.07) is 25.2. The molecule has 2 N–H and O–H groups in total. The number of sulfonamides is 1. The number of amides is 1. The summed E-state index contributed by atoms with van der Waals surface area (Å²) in [6.07, 6.45) is 0. The largest absolute Gasteiger partial charge is 0.366 e. The minimum atomic E-state index is -3.71. The molecule has 1 aliphatic rings. The normalized spacial score (nSPS) is 15.7. The second-order valence-electron chi connectivity index (χ2n) is 8.00. The highest BCUT2D eigenvalue weighted by molar-refractivity contribution is 7.89. The van der Waals surface area contributed by atoms with Crippen molar-refractivity contribution in [2.24, 2.45) is 5.73 Å². The smallest absolute Gasteiger partial charge is 0.249 e. The van der Waals surface area contributed by atoms with Crippen LogP contribution in [0.4, 0.5) is 0 Å². The molecule has 0 unspecified atom stereocenters. The average Bonchev–Trinajstić information content (AvgIpc) is 2.81. The maximum absolute atomic E-state index is 13.2. The number of primary amides is 1. The minimum absolute atomic E-state index is 0.0584. The maximum atomic E-state index is 13.2. The number of nitrogens with two attached hydrogens (primary N) is 1. The van der Waals surface area contributed by atoms with Crippen LogP contribution in [0.2, 0.25) is 0 Å². The predicted octanol–water partition coefficient (Wildman–Crippen LogP) is 3.19. The van der Waals surface area contributed by atoms with Crippen molar-refractivity contribution in [2.45, 2.75) is 17.9 Å². The van der Waals surface area contributed by atoms with Crippen molar-refractivity contribution < 1.29 is 13.2 Å². The Hall–Kier alpha value is -3.00. The van der Waals surface area contributed by atoms with Gasteiger partial charge in [-0.05, 0) is 35.7 Å². The van der Waals surface area contributed by atoms with Crippen LogP contribution in [0.25, 0.3) is 0 Å². The van der Waals surface area contributed by atoms with Crippen LogP contribution in [0.5, 0.6) is 0 Å². The van der Waals surface area contributed by atoms with Crippen molar-refractivity contribution >= 4 is 15.9 Å². The molecule has 3 aromatic rings. The van der Waals surface area contributed by atoms with Gasteiger partial charge in [0.05, 0.1) is 10.9 Å². The Morgan fingerprint density at radius 2 is 1.38 bits per heavy atom. The monoisotopic (exact) mass is 449 g/mol. The van der Waals surface area contributed by atoms with E-state index in [9.17, 15) is 13.2 Å². The first kappa shape index (κ1) is 22.2. The van der Waals surface area contributed by atoms with Crippen molar-refractivity contribution in [3.63, 3.8) is 0 Å². The number of nitrogens with zero attached hydrogens (tertiary/aromatic N) is 2. The summed E-state index contributed by atoms with van der Waals surface area (Å²) < 4.78 is 28.0. The third-order valence-corrected chi connectivity index (χ3v) is 7.88. The van der Waals surface area contributed by atoms with E-state index in [1.807, 2.05) is 36.4 Å². The van der Waals surface area contributed by atoms with Gasteiger partial charge in [-0.3, -0.25) is 9.69 Å². The number of aryl methyl sites for hydroxylation is 1. The van der Waals surface area contributed by atoms with Gasteiger partial charge in [-0.15, -0.1) is 0 Å². The zero-order valence-electron chi connectivity index (χ0n) is 18.0. The molecule has 166 valence electrons. The van der Waals surface area contributed by atoms with E-state index in [1.165, 1.54) is 21.5 Å². The third-order valence-electron chi connectivity index (χ3n) is 5.98. The van der Waals surface area contributed by atoms with Gasteiger partial charge in [0.1, 0.15) is 0 Å². The number of hydrogen-bond donors (Lipinski definition) is 1. The van der Waals surface area contributed by atoms with Gasteiger partial charge in [0.15, 0.2) is 0 Å². The fourth-order valence-corrected chi connectivity index (χ4v) is 5.71. The summed E-state index contributed by atoms with van der Waals surface area (Å²) in [5, 5.41) is 0. The Balaban J connectivity index is 1.56. The van der Waals surface area contributed by atoms with E-state index in [0.29, 0.717) is 31.7 Å². The fraction of sp³-hybridized carbons (Fsp3) is 0.240. The summed E-state index contributed by atoms with van der Waals surface area (Å²) in [5.74, 6) is -0.627. The first-order valence-electron chi connectivity index (χ1n) is 10.6. The summed E-state index contributed by atoms with van der Waals surface area (Å²) in [4.78, 5) is 14.1. The third kappa shape index (κ3) is 4.46. The maximum Gasteiger partial charge on any atom is 0.249 e. The number of hydrogen-bond acceptors (Lipinski definition) is 4. The summed E-state index contributed by atoms with van der Waals surface area (Å²) >= 11 is 0. The van der Waals surface area contributed by atoms with E-state index in [0.717, 1.165) is 0 Å². The first-order valence-corrected chi connectivity index (χ1v) is 12.1. The van der Waals surface area contributed by atoms with Crippen LogP contribution in [-0.4, -0.2) is 49.7 Å². The molecule has 0 bridgehead atoms. The molecule has 7 heteroatoms. The fourth-order valence-electron chi connectivity index (χ4n) is 4.26. The van der Waals surface area contributed by atoms with Gasteiger partial charge in [0.25, 0.3) is 0 Å². The number of rotatable bonds is 6. The van der Waals surface area contributed by atoms with E-state index in [1.54, 1.807) is 19.1 Å². The summed E-state index contributed by atoms with van der Waals surface area (Å²) in [6.45, 7) is 3.68. The zero-order valence-corrected chi connectivity index (χ0v) is 18.8. The molecule has 1 saturated heterocycles. The lowest BCUT2D eigenvalue weighted by Crippen LogP contribution is -2.49. The number of benzene rings is 3.